The van der Waals surface area contributed by atoms with Crippen LogP contribution in [0.1, 0.15) is 5.01 Å². The molecule has 0 aliphatic rings. The van der Waals surface area contributed by atoms with Gasteiger partial charge in [-0.3, -0.25) is 0 Å². The number of benzene rings is 1. The molecule has 15 heavy (non-hydrogen) atoms. The Bertz CT molecular complexity index is 414. The van der Waals surface area contributed by atoms with Gasteiger partial charge in [0.15, 0.2) is 0 Å². The van der Waals surface area contributed by atoms with E-state index in [1.54, 1.807) is 23.6 Å². The summed E-state index contributed by atoms with van der Waals surface area (Å²) in [4.78, 5) is 4.17. The van der Waals surface area contributed by atoms with E-state index in [9.17, 15) is 4.39 Å². The molecule has 1 N–H and O–H groups in total. The van der Waals surface area contributed by atoms with Gasteiger partial charge in [-0.15, -0.1) is 11.3 Å². The van der Waals surface area contributed by atoms with E-state index < -0.39 is 0 Å². The van der Waals surface area contributed by atoms with Gasteiger partial charge in [0.2, 0.25) is 0 Å². The summed E-state index contributed by atoms with van der Waals surface area (Å²) in [5.74, 6) is -0.214. The highest BCUT2D eigenvalue weighted by atomic mass is 32.1. The van der Waals surface area contributed by atoms with Crippen LogP contribution in [0.4, 0.5) is 10.1 Å². The maximum absolute atomic E-state index is 12.8. The number of rotatable bonds is 4. The molecule has 1 aromatic heterocycles. The molecule has 2 nitrogen and oxygen atoms in total. The molecular weight excluding hydrogens is 211 g/mol. The largest absolute Gasteiger partial charge is 0.385 e. The van der Waals surface area contributed by atoms with Crippen molar-refractivity contribution in [3.05, 3.63) is 46.7 Å². The van der Waals surface area contributed by atoms with Gasteiger partial charge in [-0.1, -0.05) is 6.07 Å². The minimum Gasteiger partial charge on any atom is -0.385 e. The Morgan fingerprint density at radius 2 is 2.33 bits per heavy atom. The number of thiazole rings is 1. The number of hydrogen-bond donors (Lipinski definition) is 1. The van der Waals surface area contributed by atoms with Crippen molar-refractivity contribution in [2.45, 2.75) is 6.42 Å². The van der Waals surface area contributed by atoms with E-state index in [4.69, 9.17) is 0 Å². The van der Waals surface area contributed by atoms with Crippen molar-refractivity contribution >= 4 is 17.0 Å². The fourth-order valence-electron chi connectivity index (χ4n) is 1.29. The van der Waals surface area contributed by atoms with Crippen LogP contribution in [-0.4, -0.2) is 11.5 Å². The van der Waals surface area contributed by atoms with Crippen molar-refractivity contribution in [1.82, 2.24) is 4.98 Å². The van der Waals surface area contributed by atoms with Crippen molar-refractivity contribution in [2.75, 3.05) is 11.9 Å². The van der Waals surface area contributed by atoms with Crippen LogP contribution >= 0.6 is 11.3 Å². The second-order valence-corrected chi connectivity index (χ2v) is 4.09. The smallest absolute Gasteiger partial charge is 0.125 e. The molecule has 0 fully saturated rings. The second-order valence-electron chi connectivity index (χ2n) is 3.11. The highest BCUT2D eigenvalue weighted by molar-refractivity contribution is 7.09. The van der Waals surface area contributed by atoms with E-state index in [0.29, 0.717) is 0 Å². The maximum Gasteiger partial charge on any atom is 0.125 e. The van der Waals surface area contributed by atoms with E-state index in [-0.39, 0.29) is 5.82 Å². The third kappa shape index (κ3) is 3.02. The summed E-state index contributed by atoms with van der Waals surface area (Å²) in [7, 11) is 0. The first-order chi connectivity index (χ1) is 7.34. The zero-order chi connectivity index (χ0) is 10.5. The lowest BCUT2D eigenvalue weighted by atomic mass is 10.3. The molecule has 2 rings (SSSR count). The van der Waals surface area contributed by atoms with Crippen LogP contribution in [-0.2, 0) is 6.42 Å². The van der Waals surface area contributed by atoms with Crippen LogP contribution in [0.25, 0.3) is 0 Å². The monoisotopic (exact) mass is 222 g/mol. The fraction of sp³-hybridized carbons (Fsp3) is 0.182. The van der Waals surface area contributed by atoms with E-state index >= 15 is 0 Å². The van der Waals surface area contributed by atoms with Crippen LogP contribution in [0.5, 0.6) is 0 Å². The lowest BCUT2D eigenvalue weighted by Gasteiger charge is -2.04. The third-order valence-electron chi connectivity index (χ3n) is 1.98. The average Bonchev–Trinajstić information content (AvgIpc) is 2.71. The molecule has 0 saturated carbocycles. The van der Waals surface area contributed by atoms with Gasteiger partial charge in [0.05, 0.1) is 5.01 Å². The van der Waals surface area contributed by atoms with Crippen molar-refractivity contribution in [3.8, 4) is 0 Å². The first kappa shape index (κ1) is 10.1. The summed E-state index contributed by atoms with van der Waals surface area (Å²) < 4.78 is 12.8. The first-order valence-corrected chi connectivity index (χ1v) is 5.60. The Balaban J connectivity index is 1.83. The van der Waals surface area contributed by atoms with Crippen molar-refractivity contribution in [1.29, 1.82) is 0 Å². The second kappa shape index (κ2) is 4.89. The highest BCUT2D eigenvalue weighted by Gasteiger charge is 1.96. The molecule has 0 spiro atoms. The summed E-state index contributed by atoms with van der Waals surface area (Å²) in [6.45, 7) is 0.775. The minimum absolute atomic E-state index is 0.214. The van der Waals surface area contributed by atoms with E-state index in [1.807, 2.05) is 11.4 Å². The Morgan fingerprint density at radius 1 is 1.40 bits per heavy atom. The Kier molecular flexibility index (Phi) is 3.29. The Morgan fingerprint density at radius 3 is 3.07 bits per heavy atom. The molecule has 0 unspecified atom stereocenters. The molecule has 78 valence electrons. The molecule has 1 heterocycles. The minimum atomic E-state index is -0.214. The molecule has 0 aliphatic heterocycles. The normalized spacial score (nSPS) is 10.2. The van der Waals surface area contributed by atoms with Crippen molar-refractivity contribution in [3.63, 3.8) is 0 Å². The third-order valence-corrected chi connectivity index (χ3v) is 2.82. The van der Waals surface area contributed by atoms with E-state index in [2.05, 4.69) is 10.3 Å². The van der Waals surface area contributed by atoms with Gasteiger partial charge >= 0.3 is 0 Å². The number of anilines is 1. The Hall–Kier alpha value is -1.42. The maximum atomic E-state index is 12.8. The molecular formula is C11H11FN2S. The standard InChI is InChI=1S/C11H11FN2S/c12-9-2-1-3-10(8-9)13-5-4-11-14-6-7-15-11/h1-3,6-8,13H,4-5H2. The van der Waals surface area contributed by atoms with Gasteiger partial charge in [0.1, 0.15) is 5.82 Å². The number of nitrogens with zero attached hydrogens (tertiary/aromatic N) is 1. The number of hydrogen-bond acceptors (Lipinski definition) is 3. The zero-order valence-corrected chi connectivity index (χ0v) is 8.93. The lowest BCUT2D eigenvalue weighted by molar-refractivity contribution is 0.628. The molecule has 0 saturated heterocycles. The summed E-state index contributed by atoms with van der Waals surface area (Å²) >= 11 is 1.64. The van der Waals surface area contributed by atoms with E-state index in [1.165, 1.54) is 12.1 Å². The predicted octanol–water partition coefficient (Wildman–Crippen LogP) is 2.94. The molecule has 4 heteroatoms. The van der Waals surface area contributed by atoms with Gasteiger partial charge in [-0.05, 0) is 18.2 Å². The van der Waals surface area contributed by atoms with Crippen LogP contribution in [0.15, 0.2) is 35.8 Å². The van der Waals surface area contributed by atoms with E-state index in [0.717, 1.165) is 23.7 Å². The topological polar surface area (TPSA) is 24.9 Å². The van der Waals surface area contributed by atoms with Gasteiger partial charge in [0.25, 0.3) is 0 Å². The molecule has 0 bridgehead atoms. The summed E-state index contributed by atoms with van der Waals surface area (Å²) in [5.41, 5.74) is 0.812. The summed E-state index contributed by atoms with van der Waals surface area (Å²) in [6, 6.07) is 6.47. The van der Waals surface area contributed by atoms with Gasteiger partial charge in [0, 0.05) is 30.2 Å². The summed E-state index contributed by atoms with van der Waals surface area (Å²) in [5, 5.41) is 6.20. The fourth-order valence-corrected chi connectivity index (χ4v) is 1.91. The number of nitrogens with one attached hydrogen (secondary N) is 1. The number of aromatic nitrogens is 1. The first-order valence-electron chi connectivity index (χ1n) is 4.72. The SMILES string of the molecule is Fc1cccc(NCCc2nccs2)c1. The predicted molar refractivity (Wildman–Crippen MR) is 60.7 cm³/mol. The highest BCUT2D eigenvalue weighted by Crippen LogP contribution is 2.10. The average molecular weight is 222 g/mol. The van der Waals surface area contributed by atoms with Gasteiger partial charge in [-0.25, -0.2) is 9.37 Å². The molecule has 0 radical (unpaired) electrons. The van der Waals surface area contributed by atoms with Crippen LogP contribution in [0.3, 0.4) is 0 Å². The molecule has 0 aliphatic carbocycles. The zero-order valence-electron chi connectivity index (χ0n) is 8.11. The summed E-state index contributed by atoms with van der Waals surface area (Å²) in [6.07, 6.45) is 2.66. The quantitative estimate of drug-likeness (QED) is 0.860. The van der Waals surface area contributed by atoms with Crippen molar-refractivity contribution < 1.29 is 4.39 Å². The number of halogens is 1. The van der Waals surface area contributed by atoms with Crippen molar-refractivity contribution in [2.24, 2.45) is 0 Å². The van der Waals surface area contributed by atoms with Gasteiger partial charge < -0.3 is 5.32 Å². The Labute approximate surface area is 91.8 Å². The van der Waals surface area contributed by atoms with Crippen LogP contribution < -0.4 is 5.32 Å². The molecule has 0 atom stereocenters. The molecule has 0 amide bonds. The lowest BCUT2D eigenvalue weighted by Crippen LogP contribution is -2.04. The molecule has 1 aromatic carbocycles. The van der Waals surface area contributed by atoms with Crippen LogP contribution in [0.2, 0.25) is 0 Å². The van der Waals surface area contributed by atoms with Crippen LogP contribution in [0, 0.1) is 5.82 Å². The molecule has 2 aromatic rings. The van der Waals surface area contributed by atoms with Gasteiger partial charge in [-0.2, -0.15) is 0 Å².